The lowest BCUT2D eigenvalue weighted by atomic mass is 9.80. The Hall–Kier alpha value is -2.19. The normalized spacial score (nSPS) is 18.8. The Balaban J connectivity index is 1.82. The highest BCUT2D eigenvalue weighted by molar-refractivity contribution is 6.45. The minimum atomic E-state index is -0.341. The van der Waals surface area contributed by atoms with Crippen LogP contribution < -0.4 is 11.5 Å². The minimum absolute atomic E-state index is 0.105. The second-order valence-electron chi connectivity index (χ2n) is 6.97. The molecule has 1 aromatic heterocycles. The Bertz CT molecular complexity index is 730. The van der Waals surface area contributed by atoms with Crippen LogP contribution in [0, 0.1) is 0 Å². The summed E-state index contributed by atoms with van der Waals surface area (Å²) in [5.74, 6) is 0.665. The molecule has 0 aliphatic carbocycles. The molecule has 0 bridgehead atoms. The second kappa shape index (κ2) is 5.72. The first-order valence-corrected chi connectivity index (χ1v) is 7.88. The van der Waals surface area contributed by atoms with E-state index in [4.69, 9.17) is 20.8 Å². The van der Waals surface area contributed by atoms with Crippen LogP contribution in [0.5, 0.6) is 0 Å². The first-order chi connectivity index (χ1) is 11.2. The van der Waals surface area contributed by atoms with Crippen molar-refractivity contribution in [2.75, 3.05) is 11.5 Å². The molecule has 0 saturated carbocycles. The van der Waals surface area contributed by atoms with Gasteiger partial charge in [-0.15, -0.1) is 0 Å². The summed E-state index contributed by atoms with van der Waals surface area (Å²) in [6, 6.07) is 7.84. The SMILES string of the molecule is CC1(C)OB(Cc2cccc(-c3nc(N)nc(N)n3)c2)OC1(C)C. The van der Waals surface area contributed by atoms with Crippen LogP contribution in [-0.2, 0) is 15.6 Å². The summed E-state index contributed by atoms with van der Waals surface area (Å²) in [5, 5.41) is 0. The lowest BCUT2D eigenvalue weighted by molar-refractivity contribution is 0.00578. The summed E-state index contributed by atoms with van der Waals surface area (Å²) in [6.45, 7) is 8.17. The molecule has 1 aromatic carbocycles. The van der Waals surface area contributed by atoms with Gasteiger partial charge in [0.2, 0.25) is 11.9 Å². The number of rotatable bonds is 3. The van der Waals surface area contributed by atoms with Crippen molar-refractivity contribution in [2.45, 2.75) is 45.2 Å². The summed E-state index contributed by atoms with van der Waals surface area (Å²) >= 11 is 0. The van der Waals surface area contributed by atoms with Gasteiger partial charge in [0.05, 0.1) is 11.2 Å². The van der Waals surface area contributed by atoms with Gasteiger partial charge in [0.25, 0.3) is 0 Å². The molecule has 0 spiro atoms. The third-order valence-electron chi connectivity index (χ3n) is 4.56. The first kappa shape index (κ1) is 16.7. The molecule has 8 heteroatoms. The van der Waals surface area contributed by atoms with Crippen LogP contribution in [0.3, 0.4) is 0 Å². The number of hydrogen-bond acceptors (Lipinski definition) is 7. The summed E-state index contributed by atoms with van der Waals surface area (Å²) in [5.41, 5.74) is 12.5. The average molecular weight is 327 g/mol. The molecule has 0 amide bonds. The molecule has 1 fully saturated rings. The van der Waals surface area contributed by atoms with Crippen LogP contribution in [0.4, 0.5) is 11.9 Å². The molecule has 0 radical (unpaired) electrons. The highest BCUT2D eigenvalue weighted by Crippen LogP contribution is 2.37. The van der Waals surface area contributed by atoms with E-state index >= 15 is 0 Å². The lowest BCUT2D eigenvalue weighted by Crippen LogP contribution is -2.41. The van der Waals surface area contributed by atoms with E-state index < -0.39 is 0 Å². The zero-order chi connectivity index (χ0) is 17.5. The fourth-order valence-electron chi connectivity index (χ4n) is 2.62. The van der Waals surface area contributed by atoms with Crippen molar-refractivity contribution in [3.63, 3.8) is 0 Å². The van der Waals surface area contributed by atoms with Gasteiger partial charge in [-0.1, -0.05) is 18.2 Å². The Labute approximate surface area is 141 Å². The molecule has 0 unspecified atom stereocenters. The summed E-state index contributed by atoms with van der Waals surface area (Å²) in [7, 11) is -0.293. The van der Waals surface area contributed by atoms with E-state index in [9.17, 15) is 0 Å². The van der Waals surface area contributed by atoms with Crippen LogP contribution in [0.15, 0.2) is 24.3 Å². The highest BCUT2D eigenvalue weighted by Gasteiger charge is 2.50. The quantitative estimate of drug-likeness (QED) is 0.828. The second-order valence-corrected chi connectivity index (χ2v) is 6.97. The minimum Gasteiger partial charge on any atom is -0.403 e. The van der Waals surface area contributed by atoms with Crippen LogP contribution in [-0.4, -0.2) is 33.3 Å². The molecule has 1 aliphatic rings. The molecule has 1 saturated heterocycles. The fourth-order valence-corrected chi connectivity index (χ4v) is 2.62. The zero-order valence-corrected chi connectivity index (χ0v) is 14.4. The van der Waals surface area contributed by atoms with Gasteiger partial charge in [0.1, 0.15) is 0 Å². The fraction of sp³-hybridized carbons (Fsp3) is 0.438. The Kier molecular flexibility index (Phi) is 3.97. The predicted molar refractivity (Wildman–Crippen MR) is 93.9 cm³/mol. The van der Waals surface area contributed by atoms with Crippen molar-refractivity contribution < 1.29 is 9.31 Å². The highest BCUT2D eigenvalue weighted by atomic mass is 16.7. The standard InChI is InChI=1S/C16H22BN5O2/c1-15(2)16(3,4)24-17(23-15)9-10-6-5-7-11(8-10)12-20-13(18)22-14(19)21-12/h5-8H,9H2,1-4H3,(H4,18,19,20,21,22). The lowest BCUT2D eigenvalue weighted by Gasteiger charge is -2.32. The van der Waals surface area contributed by atoms with Crippen molar-refractivity contribution in [1.82, 2.24) is 15.0 Å². The number of nitrogens with zero attached hydrogens (tertiary/aromatic N) is 3. The monoisotopic (exact) mass is 327 g/mol. The van der Waals surface area contributed by atoms with Gasteiger partial charge in [-0.2, -0.15) is 15.0 Å². The van der Waals surface area contributed by atoms with Crippen LogP contribution in [0.2, 0.25) is 0 Å². The molecule has 1 aliphatic heterocycles. The largest absolute Gasteiger partial charge is 0.462 e. The Morgan fingerprint density at radius 1 is 0.958 bits per heavy atom. The van der Waals surface area contributed by atoms with Gasteiger partial charge in [-0.05, 0) is 39.3 Å². The van der Waals surface area contributed by atoms with Gasteiger partial charge in [0.15, 0.2) is 5.82 Å². The molecule has 126 valence electrons. The number of benzene rings is 1. The summed E-state index contributed by atoms with van der Waals surface area (Å²) in [6.07, 6.45) is 0.636. The van der Waals surface area contributed by atoms with Gasteiger partial charge in [-0.25, -0.2) is 0 Å². The van der Waals surface area contributed by atoms with E-state index in [1.54, 1.807) is 0 Å². The molecule has 4 N–H and O–H groups in total. The molecule has 2 aromatic rings. The molecular formula is C16H22BN5O2. The molecular weight excluding hydrogens is 305 g/mol. The van der Waals surface area contributed by atoms with E-state index in [1.165, 1.54) is 0 Å². The number of anilines is 2. The maximum atomic E-state index is 6.05. The maximum Gasteiger partial charge on any atom is 0.462 e. The number of nitrogen functional groups attached to an aromatic ring is 2. The van der Waals surface area contributed by atoms with E-state index in [-0.39, 0.29) is 30.2 Å². The summed E-state index contributed by atoms with van der Waals surface area (Å²) in [4.78, 5) is 12.1. The molecule has 0 atom stereocenters. The first-order valence-electron chi connectivity index (χ1n) is 7.88. The van der Waals surface area contributed by atoms with Crippen LogP contribution in [0.1, 0.15) is 33.3 Å². The third kappa shape index (κ3) is 3.20. The molecule has 24 heavy (non-hydrogen) atoms. The van der Waals surface area contributed by atoms with Crippen molar-refractivity contribution in [3.8, 4) is 11.4 Å². The van der Waals surface area contributed by atoms with Crippen molar-refractivity contribution >= 4 is 19.0 Å². The topological polar surface area (TPSA) is 109 Å². The van der Waals surface area contributed by atoms with Gasteiger partial charge in [-0.3, -0.25) is 0 Å². The van der Waals surface area contributed by atoms with Crippen LogP contribution >= 0.6 is 0 Å². The van der Waals surface area contributed by atoms with Crippen molar-refractivity contribution in [2.24, 2.45) is 0 Å². The predicted octanol–water partition coefficient (Wildman–Crippen LogP) is 1.88. The third-order valence-corrected chi connectivity index (χ3v) is 4.56. The number of nitrogens with two attached hydrogens (primary N) is 2. The Morgan fingerprint density at radius 2 is 1.54 bits per heavy atom. The molecule has 7 nitrogen and oxygen atoms in total. The van der Waals surface area contributed by atoms with E-state index in [0.29, 0.717) is 12.1 Å². The number of aromatic nitrogens is 3. The van der Waals surface area contributed by atoms with E-state index in [1.807, 2.05) is 52.0 Å². The average Bonchev–Trinajstić information content (AvgIpc) is 2.65. The Morgan fingerprint density at radius 3 is 2.12 bits per heavy atom. The van der Waals surface area contributed by atoms with Crippen LogP contribution in [0.25, 0.3) is 11.4 Å². The smallest absolute Gasteiger partial charge is 0.403 e. The number of hydrogen-bond donors (Lipinski definition) is 2. The van der Waals surface area contributed by atoms with E-state index in [0.717, 1.165) is 11.1 Å². The molecule has 2 heterocycles. The maximum absolute atomic E-state index is 6.05. The molecule has 3 rings (SSSR count). The van der Waals surface area contributed by atoms with Gasteiger partial charge >= 0.3 is 7.12 Å². The zero-order valence-electron chi connectivity index (χ0n) is 14.4. The van der Waals surface area contributed by atoms with Gasteiger partial charge < -0.3 is 20.8 Å². The van der Waals surface area contributed by atoms with E-state index in [2.05, 4.69) is 15.0 Å². The van der Waals surface area contributed by atoms with Crippen molar-refractivity contribution in [1.29, 1.82) is 0 Å². The van der Waals surface area contributed by atoms with Gasteiger partial charge in [0, 0.05) is 11.9 Å². The van der Waals surface area contributed by atoms with Crippen molar-refractivity contribution in [3.05, 3.63) is 29.8 Å². The summed E-state index contributed by atoms with van der Waals surface area (Å²) < 4.78 is 12.1.